The molecule has 0 bridgehead atoms. The predicted octanol–water partition coefficient (Wildman–Crippen LogP) is 2.99. The van der Waals surface area contributed by atoms with Crippen LogP contribution in [-0.2, 0) is 22.6 Å². The van der Waals surface area contributed by atoms with Gasteiger partial charge in [-0.2, -0.15) is 0 Å². The minimum atomic E-state index is -1.74. The van der Waals surface area contributed by atoms with E-state index in [0.29, 0.717) is 21.2 Å². The van der Waals surface area contributed by atoms with E-state index in [-0.39, 0.29) is 37.2 Å². The number of carbonyl (C=O) groups is 3. The molecule has 4 rings (SSSR count). The van der Waals surface area contributed by atoms with Crippen LogP contribution in [0.4, 0.5) is 0 Å². The Labute approximate surface area is 247 Å². The van der Waals surface area contributed by atoms with E-state index in [2.05, 4.69) is 10.6 Å². The lowest BCUT2D eigenvalue weighted by Gasteiger charge is -2.30. The van der Waals surface area contributed by atoms with Gasteiger partial charge in [0.1, 0.15) is 11.8 Å². The van der Waals surface area contributed by atoms with Crippen LogP contribution in [0.1, 0.15) is 33.5 Å². The summed E-state index contributed by atoms with van der Waals surface area (Å²) in [5.41, 5.74) is 1.88. The number of benzene rings is 3. The largest absolute Gasteiger partial charge is 0.508 e. The van der Waals surface area contributed by atoms with Gasteiger partial charge in [-0.3, -0.25) is 14.4 Å². The molecule has 3 amide bonds. The van der Waals surface area contributed by atoms with Crippen LogP contribution in [0, 0.1) is 6.92 Å². The van der Waals surface area contributed by atoms with E-state index in [1.54, 1.807) is 49.4 Å². The van der Waals surface area contributed by atoms with E-state index in [1.807, 2.05) is 6.07 Å². The van der Waals surface area contributed by atoms with Crippen LogP contribution < -0.4 is 10.6 Å². The number of aromatic hydroxyl groups is 1. The summed E-state index contributed by atoms with van der Waals surface area (Å²) in [6.45, 7) is 1.47. The summed E-state index contributed by atoms with van der Waals surface area (Å²) in [4.78, 5) is 41.0. The fourth-order valence-corrected chi connectivity index (χ4v) is 5.25. The molecule has 0 radical (unpaired) electrons. The molecule has 1 heterocycles. The van der Waals surface area contributed by atoms with Crippen molar-refractivity contribution in [2.45, 2.75) is 50.6 Å². The van der Waals surface area contributed by atoms with Gasteiger partial charge in [0.25, 0.3) is 11.8 Å². The number of rotatable bonds is 9. The van der Waals surface area contributed by atoms with E-state index in [9.17, 15) is 29.7 Å². The molecule has 41 heavy (non-hydrogen) atoms. The summed E-state index contributed by atoms with van der Waals surface area (Å²) in [6, 6.07) is 16.4. The number of halogens is 2. The van der Waals surface area contributed by atoms with Gasteiger partial charge >= 0.3 is 0 Å². The maximum atomic E-state index is 13.6. The van der Waals surface area contributed by atoms with E-state index in [1.165, 1.54) is 18.2 Å². The van der Waals surface area contributed by atoms with Crippen LogP contribution in [0.5, 0.6) is 5.75 Å². The van der Waals surface area contributed by atoms with E-state index >= 15 is 0 Å². The zero-order valence-corrected chi connectivity index (χ0v) is 23.8. The third-order valence-corrected chi connectivity index (χ3v) is 8.01. The van der Waals surface area contributed by atoms with Gasteiger partial charge in [0.15, 0.2) is 6.10 Å². The summed E-state index contributed by atoms with van der Waals surface area (Å²) in [6.07, 6.45) is -2.63. The van der Waals surface area contributed by atoms with E-state index in [4.69, 9.17) is 23.2 Å². The molecule has 4 unspecified atom stereocenters. The van der Waals surface area contributed by atoms with Crippen molar-refractivity contribution in [1.29, 1.82) is 0 Å². The van der Waals surface area contributed by atoms with Gasteiger partial charge in [-0.25, -0.2) is 0 Å². The Morgan fingerprint density at radius 2 is 1.73 bits per heavy atom. The smallest absolute Gasteiger partial charge is 0.254 e. The number of β-amino-alcohol motifs (C(OH)–C–C–N with tert-alkyl or cyclic N) is 1. The zero-order chi connectivity index (χ0) is 29.7. The molecule has 1 aliphatic heterocycles. The Hall–Kier alpha value is -3.63. The Balaban J connectivity index is 1.53. The van der Waals surface area contributed by atoms with Gasteiger partial charge in [-0.15, -0.1) is 0 Å². The number of hydrogen-bond acceptors (Lipinski definition) is 6. The minimum Gasteiger partial charge on any atom is -0.508 e. The number of amides is 3. The summed E-state index contributed by atoms with van der Waals surface area (Å²) in [5.74, 6) is -1.98. The number of phenolic OH excluding ortho intramolecular Hbond substituents is 1. The van der Waals surface area contributed by atoms with Crippen LogP contribution in [0.15, 0.2) is 66.7 Å². The van der Waals surface area contributed by atoms with Crippen LogP contribution in [0.3, 0.4) is 0 Å². The van der Waals surface area contributed by atoms with Gasteiger partial charge in [-0.05, 0) is 42.7 Å². The zero-order valence-electron chi connectivity index (χ0n) is 22.3. The van der Waals surface area contributed by atoms with Crippen molar-refractivity contribution in [2.24, 2.45) is 0 Å². The first-order valence-corrected chi connectivity index (χ1v) is 13.8. The maximum absolute atomic E-state index is 13.6. The van der Waals surface area contributed by atoms with Crippen molar-refractivity contribution in [2.75, 3.05) is 6.54 Å². The molecule has 0 aliphatic carbocycles. The van der Waals surface area contributed by atoms with Crippen LogP contribution in [0.2, 0.25) is 10.0 Å². The Bertz CT molecular complexity index is 1420. The van der Waals surface area contributed by atoms with Crippen LogP contribution in [0.25, 0.3) is 0 Å². The quantitative estimate of drug-likeness (QED) is 0.256. The summed E-state index contributed by atoms with van der Waals surface area (Å²) in [7, 11) is 0. The fraction of sp³-hybridized carbons (Fsp3) is 0.300. The Kier molecular flexibility index (Phi) is 9.88. The highest BCUT2D eigenvalue weighted by Crippen LogP contribution is 2.26. The van der Waals surface area contributed by atoms with Crippen molar-refractivity contribution in [3.63, 3.8) is 0 Å². The molecular formula is C30H31Cl2N3O6. The van der Waals surface area contributed by atoms with Crippen molar-refractivity contribution in [1.82, 2.24) is 15.5 Å². The van der Waals surface area contributed by atoms with Gasteiger partial charge in [-0.1, -0.05) is 71.7 Å². The molecule has 216 valence electrons. The van der Waals surface area contributed by atoms with E-state index < -0.39 is 42.0 Å². The van der Waals surface area contributed by atoms with Crippen molar-refractivity contribution in [3.8, 4) is 5.75 Å². The first kappa shape index (κ1) is 30.3. The predicted molar refractivity (Wildman–Crippen MR) is 155 cm³/mol. The molecular weight excluding hydrogens is 569 g/mol. The highest BCUT2D eigenvalue weighted by Gasteiger charge is 2.43. The molecule has 0 spiro atoms. The number of phenols is 1. The van der Waals surface area contributed by atoms with Crippen LogP contribution >= 0.6 is 23.2 Å². The second-order valence-corrected chi connectivity index (χ2v) is 10.8. The normalized spacial score (nSPS) is 18.0. The van der Waals surface area contributed by atoms with Crippen molar-refractivity contribution in [3.05, 3.63) is 99.0 Å². The summed E-state index contributed by atoms with van der Waals surface area (Å²) < 4.78 is 0. The summed E-state index contributed by atoms with van der Waals surface area (Å²) in [5, 5.41) is 37.8. The average Bonchev–Trinajstić information content (AvgIpc) is 3.36. The van der Waals surface area contributed by atoms with Gasteiger partial charge in [0, 0.05) is 30.6 Å². The third kappa shape index (κ3) is 7.18. The first-order valence-electron chi connectivity index (χ1n) is 13.1. The van der Waals surface area contributed by atoms with Crippen LogP contribution in [-0.4, -0.2) is 68.8 Å². The number of likely N-dealkylation sites (tertiary alicyclic amines) is 1. The maximum Gasteiger partial charge on any atom is 0.254 e. The number of nitrogens with one attached hydrogen (secondary N) is 2. The van der Waals surface area contributed by atoms with Gasteiger partial charge in [0.05, 0.1) is 22.2 Å². The standard InChI is InChI=1S/C30H31Cl2N3O6/c1-17-21(10-6-12-25(17)37)28(39)34-23(13-18-7-3-2-4-8-18)27(38)30(41)35-16-20(36)14-24(35)29(40)33-15-19-9-5-11-22(31)26(19)32/h2-12,20,23-24,27,36-38H,13-16H2,1H3,(H,33,40)(H,34,39). The molecule has 1 saturated heterocycles. The number of aliphatic hydroxyl groups excluding tert-OH is 2. The van der Waals surface area contributed by atoms with Crippen molar-refractivity contribution >= 4 is 40.9 Å². The average molecular weight is 600 g/mol. The van der Waals surface area contributed by atoms with Crippen molar-refractivity contribution < 1.29 is 29.7 Å². The summed E-state index contributed by atoms with van der Waals surface area (Å²) >= 11 is 12.3. The highest BCUT2D eigenvalue weighted by molar-refractivity contribution is 6.42. The third-order valence-electron chi connectivity index (χ3n) is 7.15. The molecule has 1 fully saturated rings. The first-order chi connectivity index (χ1) is 19.6. The number of hydrogen-bond donors (Lipinski definition) is 5. The van der Waals surface area contributed by atoms with Gasteiger partial charge in [0.2, 0.25) is 5.91 Å². The molecule has 11 heteroatoms. The molecule has 1 aliphatic rings. The lowest BCUT2D eigenvalue weighted by Crippen LogP contribution is -2.55. The molecule has 3 aromatic rings. The van der Waals surface area contributed by atoms with E-state index in [0.717, 1.165) is 10.5 Å². The fourth-order valence-electron chi connectivity index (χ4n) is 4.86. The number of carbonyl (C=O) groups excluding carboxylic acids is 3. The minimum absolute atomic E-state index is 0.0221. The van der Waals surface area contributed by atoms with Gasteiger partial charge < -0.3 is 30.9 Å². The monoisotopic (exact) mass is 599 g/mol. The second-order valence-electron chi connectivity index (χ2n) is 9.99. The highest BCUT2D eigenvalue weighted by atomic mass is 35.5. The molecule has 0 saturated carbocycles. The number of aliphatic hydroxyl groups is 2. The SMILES string of the molecule is Cc1c(O)cccc1C(=O)NC(Cc1ccccc1)C(O)C(=O)N1CC(O)CC1C(=O)NCc1cccc(Cl)c1Cl. The lowest BCUT2D eigenvalue weighted by atomic mass is 9.98. The Morgan fingerprint density at radius 3 is 2.46 bits per heavy atom. The second kappa shape index (κ2) is 13.4. The molecule has 0 aromatic heterocycles. The lowest BCUT2D eigenvalue weighted by molar-refractivity contribution is -0.146. The molecule has 5 N–H and O–H groups in total. The topological polar surface area (TPSA) is 139 Å². The Morgan fingerprint density at radius 1 is 1.02 bits per heavy atom. The molecule has 4 atom stereocenters. The molecule has 3 aromatic carbocycles. The number of nitrogens with zero attached hydrogens (tertiary/aromatic N) is 1. The molecule has 9 nitrogen and oxygen atoms in total.